The molecule has 0 aliphatic carbocycles. The smallest absolute Gasteiger partial charge is 0.225 e. The van der Waals surface area contributed by atoms with Gasteiger partial charge in [0.05, 0.1) is 16.3 Å². The molecule has 0 radical (unpaired) electrons. The Bertz CT molecular complexity index is 647. The Balaban J connectivity index is 1.93. The van der Waals surface area contributed by atoms with Crippen LogP contribution in [0.5, 0.6) is 0 Å². The van der Waals surface area contributed by atoms with E-state index in [0.29, 0.717) is 5.95 Å². The normalized spacial score (nSPS) is 12.5. The number of thiazole rings is 1. The second kappa shape index (κ2) is 4.93. The van der Waals surface area contributed by atoms with Gasteiger partial charge in [0.25, 0.3) is 0 Å². The number of fused-ring (bicyclic) bond motifs is 1. The fourth-order valence-corrected chi connectivity index (χ4v) is 2.94. The monoisotopic (exact) mass is 270 g/mol. The molecule has 4 nitrogen and oxygen atoms in total. The van der Waals surface area contributed by atoms with E-state index in [0.717, 1.165) is 10.5 Å². The summed E-state index contributed by atoms with van der Waals surface area (Å²) in [6, 6.07) is 10.2. The van der Waals surface area contributed by atoms with Crippen molar-refractivity contribution in [2.24, 2.45) is 0 Å². The summed E-state index contributed by atoms with van der Waals surface area (Å²) in [4.78, 5) is 15.3. The zero-order valence-corrected chi connectivity index (χ0v) is 11.6. The number of hydrogen-bond donors (Lipinski definition) is 0. The Hall–Kier alpha value is -2.01. The molecule has 2 aromatic heterocycles. The van der Waals surface area contributed by atoms with E-state index in [9.17, 15) is 0 Å². The van der Waals surface area contributed by atoms with Gasteiger partial charge in [0.1, 0.15) is 5.01 Å². The van der Waals surface area contributed by atoms with E-state index < -0.39 is 0 Å². The molecule has 0 amide bonds. The topological polar surface area (TPSA) is 41.9 Å². The van der Waals surface area contributed by atoms with Crippen molar-refractivity contribution < 1.29 is 0 Å². The van der Waals surface area contributed by atoms with E-state index >= 15 is 0 Å². The molecule has 19 heavy (non-hydrogen) atoms. The Labute approximate surface area is 115 Å². The van der Waals surface area contributed by atoms with Crippen LogP contribution in [-0.2, 0) is 0 Å². The molecular weight excluding hydrogens is 256 g/mol. The lowest BCUT2D eigenvalue weighted by Crippen LogP contribution is -2.23. The predicted octanol–water partition coefficient (Wildman–Crippen LogP) is 3.28. The Kier molecular flexibility index (Phi) is 3.13. The van der Waals surface area contributed by atoms with Gasteiger partial charge in [-0.1, -0.05) is 12.1 Å². The molecule has 0 bridgehead atoms. The van der Waals surface area contributed by atoms with E-state index in [1.165, 1.54) is 4.70 Å². The van der Waals surface area contributed by atoms with E-state index in [1.54, 1.807) is 23.7 Å². The van der Waals surface area contributed by atoms with Crippen molar-refractivity contribution >= 4 is 27.5 Å². The lowest BCUT2D eigenvalue weighted by molar-refractivity contribution is 0.711. The number of nitrogens with zero attached hydrogens (tertiary/aromatic N) is 4. The van der Waals surface area contributed by atoms with Gasteiger partial charge in [-0.05, 0) is 25.1 Å². The van der Waals surface area contributed by atoms with Gasteiger partial charge in [-0.25, -0.2) is 15.0 Å². The Morgan fingerprint density at radius 2 is 1.84 bits per heavy atom. The van der Waals surface area contributed by atoms with E-state index in [2.05, 4.69) is 27.9 Å². The first-order chi connectivity index (χ1) is 9.25. The van der Waals surface area contributed by atoms with Crippen molar-refractivity contribution in [2.45, 2.75) is 13.0 Å². The Morgan fingerprint density at radius 3 is 2.58 bits per heavy atom. The van der Waals surface area contributed by atoms with Crippen LogP contribution < -0.4 is 4.90 Å². The summed E-state index contributed by atoms with van der Waals surface area (Å²) in [5.41, 5.74) is 1.05. The summed E-state index contributed by atoms with van der Waals surface area (Å²) in [6.07, 6.45) is 3.51. The zero-order valence-electron chi connectivity index (χ0n) is 10.8. The third-order valence-electron chi connectivity index (χ3n) is 3.12. The molecule has 0 aliphatic heterocycles. The summed E-state index contributed by atoms with van der Waals surface area (Å²) in [7, 11) is 1.99. The number of anilines is 1. The molecule has 5 heteroatoms. The fourth-order valence-electron chi connectivity index (χ4n) is 1.88. The van der Waals surface area contributed by atoms with Crippen molar-refractivity contribution in [2.75, 3.05) is 11.9 Å². The maximum Gasteiger partial charge on any atom is 0.225 e. The maximum atomic E-state index is 4.68. The van der Waals surface area contributed by atoms with Gasteiger partial charge in [0.15, 0.2) is 0 Å². The van der Waals surface area contributed by atoms with Crippen molar-refractivity contribution in [3.63, 3.8) is 0 Å². The number of rotatable bonds is 3. The third kappa shape index (κ3) is 2.29. The summed E-state index contributed by atoms with van der Waals surface area (Å²) >= 11 is 1.72. The number of aromatic nitrogens is 3. The third-order valence-corrected chi connectivity index (χ3v) is 4.32. The van der Waals surface area contributed by atoms with Gasteiger partial charge >= 0.3 is 0 Å². The zero-order chi connectivity index (χ0) is 13.2. The molecule has 96 valence electrons. The van der Waals surface area contributed by atoms with Crippen LogP contribution in [0.3, 0.4) is 0 Å². The molecule has 3 rings (SSSR count). The van der Waals surface area contributed by atoms with Crippen LogP contribution >= 0.6 is 11.3 Å². The highest BCUT2D eigenvalue weighted by molar-refractivity contribution is 7.18. The summed E-state index contributed by atoms with van der Waals surface area (Å²) in [5.74, 6) is 0.717. The maximum absolute atomic E-state index is 4.68. The van der Waals surface area contributed by atoms with Gasteiger partial charge in [-0.2, -0.15) is 0 Å². The number of hydrogen-bond acceptors (Lipinski definition) is 5. The first-order valence-electron chi connectivity index (χ1n) is 6.11. The van der Waals surface area contributed by atoms with Crippen molar-refractivity contribution in [1.82, 2.24) is 15.0 Å². The number of para-hydroxylation sites is 1. The van der Waals surface area contributed by atoms with Crippen molar-refractivity contribution in [1.29, 1.82) is 0 Å². The standard InChI is InChI=1S/C14H14N4S/c1-10(18(2)14-15-8-5-9-16-14)13-17-11-6-3-4-7-12(11)19-13/h3-10H,1-2H3/t10-/m1/s1. The average Bonchev–Trinajstić information content (AvgIpc) is 2.90. The molecule has 0 aliphatic rings. The molecular formula is C14H14N4S. The quantitative estimate of drug-likeness (QED) is 0.732. The first-order valence-corrected chi connectivity index (χ1v) is 6.92. The SMILES string of the molecule is C[C@H](c1nc2ccccc2s1)N(C)c1ncccn1. The highest BCUT2D eigenvalue weighted by Gasteiger charge is 2.17. The van der Waals surface area contributed by atoms with Crippen LogP contribution in [0, 0.1) is 0 Å². The second-order valence-corrected chi connectivity index (χ2v) is 5.42. The highest BCUT2D eigenvalue weighted by atomic mass is 32.1. The fraction of sp³-hybridized carbons (Fsp3) is 0.214. The molecule has 0 spiro atoms. The van der Waals surface area contributed by atoms with Crippen LogP contribution in [0.1, 0.15) is 18.0 Å². The minimum absolute atomic E-state index is 0.153. The molecule has 0 N–H and O–H groups in total. The summed E-state index contributed by atoms with van der Waals surface area (Å²) in [6.45, 7) is 2.12. The minimum Gasteiger partial charge on any atom is -0.335 e. The highest BCUT2D eigenvalue weighted by Crippen LogP contribution is 2.29. The van der Waals surface area contributed by atoms with Crippen LogP contribution in [0.4, 0.5) is 5.95 Å². The molecule has 0 saturated heterocycles. The predicted molar refractivity (Wildman–Crippen MR) is 78.5 cm³/mol. The molecule has 1 aromatic carbocycles. The largest absolute Gasteiger partial charge is 0.335 e. The van der Waals surface area contributed by atoms with Gasteiger partial charge in [-0.15, -0.1) is 11.3 Å². The lowest BCUT2D eigenvalue weighted by atomic mass is 10.3. The number of benzene rings is 1. The lowest BCUT2D eigenvalue weighted by Gasteiger charge is -2.22. The van der Waals surface area contributed by atoms with Crippen molar-refractivity contribution in [3.05, 3.63) is 47.7 Å². The van der Waals surface area contributed by atoms with Gasteiger partial charge in [0.2, 0.25) is 5.95 Å². The van der Waals surface area contributed by atoms with Crippen LogP contribution in [0.25, 0.3) is 10.2 Å². The molecule has 3 aromatic rings. The van der Waals surface area contributed by atoms with Gasteiger partial charge in [0, 0.05) is 19.4 Å². The van der Waals surface area contributed by atoms with E-state index in [4.69, 9.17) is 0 Å². The van der Waals surface area contributed by atoms with E-state index in [1.807, 2.05) is 36.2 Å². The van der Waals surface area contributed by atoms with Crippen LogP contribution in [0.15, 0.2) is 42.7 Å². The average molecular weight is 270 g/mol. The van der Waals surface area contributed by atoms with Gasteiger partial charge in [-0.3, -0.25) is 0 Å². The first kappa shape index (κ1) is 12.0. The van der Waals surface area contributed by atoms with Gasteiger partial charge < -0.3 is 4.90 Å². The Morgan fingerprint density at radius 1 is 1.11 bits per heavy atom. The summed E-state index contributed by atoms with van der Waals surface area (Å²) in [5, 5.41) is 1.08. The second-order valence-electron chi connectivity index (χ2n) is 4.36. The molecule has 0 saturated carbocycles. The van der Waals surface area contributed by atoms with Crippen LogP contribution in [0.2, 0.25) is 0 Å². The summed E-state index contributed by atoms with van der Waals surface area (Å²) < 4.78 is 1.21. The molecule has 0 unspecified atom stereocenters. The van der Waals surface area contributed by atoms with E-state index in [-0.39, 0.29) is 6.04 Å². The minimum atomic E-state index is 0.153. The van der Waals surface area contributed by atoms with Crippen molar-refractivity contribution in [3.8, 4) is 0 Å². The molecule has 2 heterocycles. The molecule has 1 atom stereocenters. The molecule has 0 fully saturated rings. The van der Waals surface area contributed by atoms with Crippen LogP contribution in [-0.4, -0.2) is 22.0 Å².